The fraction of sp³-hybridized carbons (Fsp3) is 0.261. The molecule has 9 heteroatoms. The van der Waals surface area contributed by atoms with Crippen molar-refractivity contribution in [3.63, 3.8) is 0 Å². The number of carboxylic acid groups (broad SMARTS) is 1. The van der Waals surface area contributed by atoms with Crippen LogP contribution in [0, 0.1) is 0 Å². The molecule has 3 aromatic rings. The molecule has 0 fully saturated rings. The van der Waals surface area contributed by atoms with Crippen molar-refractivity contribution in [2.75, 3.05) is 18.4 Å². The molecule has 6 nitrogen and oxygen atoms in total. The molecule has 1 unspecified atom stereocenters. The van der Waals surface area contributed by atoms with E-state index in [2.05, 4.69) is 17.0 Å². The Kier molecular flexibility index (Phi) is 8.31. The van der Waals surface area contributed by atoms with Gasteiger partial charge in [-0.1, -0.05) is 54.9 Å². The summed E-state index contributed by atoms with van der Waals surface area (Å²) in [4.78, 5) is 12.7. The summed E-state index contributed by atoms with van der Waals surface area (Å²) in [6, 6.07) is 16.2. The predicted octanol–water partition coefficient (Wildman–Crippen LogP) is 5.23. The minimum Gasteiger partial charge on any atom is -0.478 e. The van der Waals surface area contributed by atoms with Crippen molar-refractivity contribution < 1.29 is 18.3 Å². The average Bonchev–Trinajstić information content (AvgIpc) is 3.28. The summed E-state index contributed by atoms with van der Waals surface area (Å²) in [6.45, 7) is 2.74. The number of aromatic carboxylic acids is 1. The Morgan fingerprint density at radius 1 is 1.16 bits per heavy atom. The molecule has 170 valence electrons. The zero-order chi connectivity index (χ0) is 23.1. The molecule has 2 aromatic carbocycles. The quantitative estimate of drug-likeness (QED) is 0.341. The van der Waals surface area contributed by atoms with E-state index < -0.39 is 16.0 Å². The van der Waals surface area contributed by atoms with Gasteiger partial charge >= 0.3 is 5.97 Å². The SMILES string of the molecule is CCC(CNc1cc(Cl)c(S(=O)(=O)NCCc2cccs2)cc1C(=O)O)c1ccccc1. The molecule has 0 aliphatic carbocycles. The average molecular weight is 493 g/mol. The van der Waals surface area contributed by atoms with Gasteiger partial charge in [0.05, 0.1) is 16.3 Å². The van der Waals surface area contributed by atoms with Crippen LogP contribution in [-0.2, 0) is 16.4 Å². The van der Waals surface area contributed by atoms with Crippen LogP contribution in [0.25, 0.3) is 0 Å². The van der Waals surface area contributed by atoms with Gasteiger partial charge in [0, 0.05) is 23.9 Å². The Morgan fingerprint density at radius 2 is 1.91 bits per heavy atom. The minimum atomic E-state index is -3.96. The summed E-state index contributed by atoms with van der Waals surface area (Å²) in [6.07, 6.45) is 1.39. The van der Waals surface area contributed by atoms with Crippen LogP contribution in [-0.4, -0.2) is 32.6 Å². The maximum Gasteiger partial charge on any atom is 0.337 e. The van der Waals surface area contributed by atoms with Crippen LogP contribution in [0.3, 0.4) is 0 Å². The van der Waals surface area contributed by atoms with Crippen molar-refractivity contribution >= 4 is 44.6 Å². The molecule has 0 amide bonds. The Bertz CT molecular complexity index is 1150. The van der Waals surface area contributed by atoms with E-state index in [-0.39, 0.29) is 33.6 Å². The highest BCUT2D eigenvalue weighted by Crippen LogP contribution is 2.30. The molecular weight excluding hydrogens is 468 g/mol. The van der Waals surface area contributed by atoms with Gasteiger partial charge in [-0.2, -0.15) is 0 Å². The zero-order valence-electron chi connectivity index (χ0n) is 17.5. The van der Waals surface area contributed by atoms with Crippen molar-refractivity contribution in [1.82, 2.24) is 4.72 Å². The lowest BCUT2D eigenvalue weighted by Crippen LogP contribution is -2.26. The highest BCUT2D eigenvalue weighted by molar-refractivity contribution is 7.89. The second-order valence-electron chi connectivity index (χ2n) is 7.26. The highest BCUT2D eigenvalue weighted by Gasteiger charge is 2.23. The molecule has 0 saturated carbocycles. The molecule has 0 spiro atoms. The molecule has 3 rings (SSSR count). The van der Waals surface area contributed by atoms with E-state index in [0.29, 0.717) is 13.0 Å². The minimum absolute atomic E-state index is 0.0334. The van der Waals surface area contributed by atoms with Crippen LogP contribution in [0.2, 0.25) is 5.02 Å². The van der Waals surface area contributed by atoms with Gasteiger partial charge in [-0.05, 0) is 42.0 Å². The van der Waals surface area contributed by atoms with Crippen LogP contribution >= 0.6 is 22.9 Å². The largest absolute Gasteiger partial charge is 0.478 e. The molecule has 1 atom stereocenters. The van der Waals surface area contributed by atoms with Crippen LogP contribution < -0.4 is 10.0 Å². The topological polar surface area (TPSA) is 95.5 Å². The smallest absolute Gasteiger partial charge is 0.337 e. The molecule has 1 heterocycles. The van der Waals surface area contributed by atoms with E-state index in [1.54, 1.807) is 11.3 Å². The van der Waals surface area contributed by atoms with Gasteiger partial charge in [-0.25, -0.2) is 17.9 Å². The molecule has 1 aromatic heterocycles. The highest BCUT2D eigenvalue weighted by atomic mass is 35.5. The van der Waals surface area contributed by atoms with Crippen molar-refractivity contribution in [2.24, 2.45) is 0 Å². The third kappa shape index (κ3) is 6.10. The van der Waals surface area contributed by atoms with E-state index in [1.807, 2.05) is 47.8 Å². The fourth-order valence-electron chi connectivity index (χ4n) is 3.38. The second-order valence-corrected chi connectivity index (χ2v) is 10.4. The Hall–Kier alpha value is -2.39. The molecule has 0 radical (unpaired) electrons. The van der Waals surface area contributed by atoms with E-state index in [0.717, 1.165) is 22.9 Å². The van der Waals surface area contributed by atoms with E-state index in [4.69, 9.17) is 11.6 Å². The summed E-state index contributed by atoms with van der Waals surface area (Å²) in [5.41, 5.74) is 1.28. The first kappa shape index (κ1) is 24.3. The number of thiophene rings is 1. The molecule has 32 heavy (non-hydrogen) atoms. The van der Waals surface area contributed by atoms with Crippen molar-refractivity contribution in [3.8, 4) is 0 Å². The maximum absolute atomic E-state index is 12.8. The summed E-state index contributed by atoms with van der Waals surface area (Å²) in [7, 11) is -3.96. The third-order valence-corrected chi connectivity index (χ3v) is 8.00. The maximum atomic E-state index is 12.8. The van der Waals surface area contributed by atoms with E-state index in [9.17, 15) is 18.3 Å². The number of sulfonamides is 1. The summed E-state index contributed by atoms with van der Waals surface area (Å²) in [5, 5.41) is 14.7. The van der Waals surface area contributed by atoms with Gasteiger partial charge in [-0.15, -0.1) is 11.3 Å². The van der Waals surface area contributed by atoms with Crippen LogP contribution in [0.1, 0.15) is 40.1 Å². The monoisotopic (exact) mass is 492 g/mol. The first-order valence-electron chi connectivity index (χ1n) is 10.2. The van der Waals surface area contributed by atoms with Gasteiger partial charge in [0.2, 0.25) is 10.0 Å². The van der Waals surface area contributed by atoms with E-state index in [1.165, 1.54) is 6.07 Å². The fourth-order valence-corrected chi connectivity index (χ4v) is 5.67. The second kappa shape index (κ2) is 11.0. The summed E-state index contributed by atoms with van der Waals surface area (Å²) >= 11 is 7.83. The van der Waals surface area contributed by atoms with Crippen LogP contribution in [0.5, 0.6) is 0 Å². The standard InChI is InChI=1S/C23H25ClN2O4S2/c1-2-16(17-7-4-3-5-8-17)15-25-21-14-20(24)22(13-19(21)23(27)28)32(29,30)26-11-10-18-9-6-12-31-18/h3-9,12-14,16,25-26H,2,10-11,15H2,1H3,(H,27,28). The normalized spacial score (nSPS) is 12.4. The van der Waals surface area contributed by atoms with Gasteiger partial charge in [-0.3, -0.25) is 0 Å². The lowest BCUT2D eigenvalue weighted by atomic mass is 9.96. The van der Waals surface area contributed by atoms with Crippen molar-refractivity contribution in [3.05, 3.63) is 81.0 Å². The van der Waals surface area contributed by atoms with Crippen molar-refractivity contribution in [2.45, 2.75) is 30.6 Å². The molecule has 0 saturated heterocycles. The first-order chi connectivity index (χ1) is 15.3. The zero-order valence-corrected chi connectivity index (χ0v) is 19.9. The van der Waals surface area contributed by atoms with Gasteiger partial charge in [0.25, 0.3) is 0 Å². The molecule has 0 aliphatic rings. The number of carboxylic acids is 1. The summed E-state index contributed by atoms with van der Waals surface area (Å²) in [5.74, 6) is -1.06. The molecule has 3 N–H and O–H groups in total. The number of halogens is 1. The molecule has 0 aliphatic heterocycles. The predicted molar refractivity (Wildman–Crippen MR) is 130 cm³/mol. The Labute approximate surface area is 197 Å². The lowest BCUT2D eigenvalue weighted by molar-refractivity contribution is 0.0697. The van der Waals surface area contributed by atoms with Crippen LogP contribution in [0.4, 0.5) is 5.69 Å². The summed E-state index contributed by atoms with van der Waals surface area (Å²) < 4.78 is 28.0. The van der Waals surface area contributed by atoms with Gasteiger partial charge < -0.3 is 10.4 Å². The number of hydrogen-bond donors (Lipinski definition) is 3. The Balaban J connectivity index is 1.78. The third-order valence-electron chi connectivity index (χ3n) is 5.14. The number of hydrogen-bond acceptors (Lipinski definition) is 5. The number of rotatable bonds is 11. The lowest BCUT2D eigenvalue weighted by Gasteiger charge is -2.19. The number of anilines is 1. The van der Waals surface area contributed by atoms with Crippen molar-refractivity contribution in [1.29, 1.82) is 0 Å². The molecular formula is C23H25ClN2O4S2. The number of benzene rings is 2. The van der Waals surface area contributed by atoms with Crippen LogP contribution in [0.15, 0.2) is 64.9 Å². The Morgan fingerprint density at radius 3 is 2.53 bits per heavy atom. The number of carbonyl (C=O) groups is 1. The van der Waals surface area contributed by atoms with Gasteiger partial charge in [0.1, 0.15) is 4.90 Å². The van der Waals surface area contributed by atoms with Gasteiger partial charge in [0.15, 0.2) is 0 Å². The molecule has 0 bridgehead atoms. The number of nitrogens with one attached hydrogen (secondary N) is 2. The van der Waals surface area contributed by atoms with E-state index >= 15 is 0 Å². The first-order valence-corrected chi connectivity index (χ1v) is 12.9.